The summed E-state index contributed by atoms with van der Waals surface area (Å²) in [6.07, 6.45) is 1.15. The van der Waals surface area contributed by atoms with Crippen LogP contribution in [-0.4, -0.2) is 44.0 Å². The fraction of sp³-hybridized carbons (Fsp3) is 0.381. The van der Waals surface area contributed by atoms with Gasteiger partial charge in [-0.2, -0.15) is 0 Å². The van der Waals surface area contributed by atoms with E-state index >= 15 is 0 Å². The molecule has 1 aliphatic rings. The monoisotopic (exact) mass is 349 g/mol. The molecule has 0 saturated heterocycles. The summed E-state index contributed by atoms with van der Waals surface area (Å²) in [5.41, 5.74) is 4.58. The van der Waals surface area contributed by atoms with Crippen LogP contribution in [0.3, 0.4) is 0 Å². The number of benzene rings is 2. The van der Waals surface area contributed by atoms with Crippen LogP contribution in [0.2, 0.25) is 0 Å². The van der Waals surface area contributed by atoms with E-state index in [4.69, 9.17) is 7.49 Å². The van der Waals surface area contributed by atoms with Crippen molar-refractivity contribution >= 4 is 36.1 Å². The Kier molecular flexibility index (Phi) is 6.03. The molecule has 25 heavy (non-hydrogen) atoms. The summed E-state index contributed by atoms with van der Waals surface area (Å²) in [4.78, 5) is 7.60. The molecule has 0 saturated carbocycles. The molecule has 0 atom stereocenters. The van der Waals surface area contributed by atoms with Crippen molar-refractivity contribution in [1.82, 2.24) is 4.90 Å². The topological polar surface area (TPSA) is 6.48 Å². The molecule has 0 aliphatic carbocycles. The number of hydrogen-bond donors (Lipinski definition) is 0. The molecule has 0 aromatic heterocycles. The molecule has 3 rings (SSSR count). The summed E-state index contributed by atoms with van der Waals surface area (Å²) in [5, 5.41) is 0. The van der Waals surface area contributed by atoms with Crippen LogP contribution in [0, 0.1) is 0 Å². The molecule has 4 heteroatoms. The zero-order chi connectivity index (χ0) is 17.8. The van der Waals surface area contributed by atoms with E-state index < -0.39 is 0 Å². The van der Waals surface area contributed by atoms with Gasteiger partial charge in [0.05, 0.1) is 0 Å². The maximum absolute atomic E-state index is 6.05. The van der Waals surface area contributed by atoms with Crippen LogP contribution < -0.4 is 4.90 Å². The molecular formula is C21H26BN2S. The van der Waals surface area contributed by atoms with E-state index in [2.05, 4.69) is 66.1 Å². The molecule has 0 unspecified atom stereocenters. The van der Waals surface area contributed by atoms with Gasteiger partial charge < -0.3 is 0 Å². The normalized spacial score (nSPS) is 12.8. The van der Waals surface area contributed by atoms with Gasteiger partial charge in [0.15, 0.2) is 0 Å². The number of rotatable bonds is 7. The van der Waals surface area contributed by atoms with E-state index in [9.17, 15) is 0 Å². The van der Waals surface area contributed by atoms with Crippen molar-refractivity contribution in [2.24, 2.45) is 0 Å². The molecule has 0 bridgehead atoms. The van der Waals surface area contributed by atoms with Gasteiger partial charge in [0, 0.05) is 0 Å². The van der Waals surface area contributed by atoms with E-state index in [1.807, 2.05) is 18.7 Å². The fourth-order valence-electron chi connectivity index (χ4n) is 3.31. The van der Waals surface area contributed by atoms with E-state index in [1.54, 1.807) is 0 Å². The molecule has 0 amide bonds. The van der Waals surface area contributed by atoms with E-state index in [-0.39, 0.29) is 0 Å². The second-order valence-corrected chi connectivity index (χ2v) is 7.55. The first-order chi connectivity index (χ1) is 12.1. The molecule has 1 radical (unpaired) electrons. The molecule has 2 nitrogen and oxygen atoms in total. The Morgan fingerprint density at radius 1 is 1.04 bits per heavy atom. The summed E-state index contributed by atoms with van der Waals surface area (Å²) < 4.78 is 0. The van der Waals surface area contributed by atoms with E-state index in [1.165, 1.54) is 21.2 Å². The van der Waals surface area contributed by atoms with Crippen molar-refractivity contribution in [3.05, 3.63) is 48.0 Å². The molecule has 2 aromatic rings. The van der Waals surface area contributed by atoms with Crippen molar-refractivity contribution in [3.63, 3.8) is 0 Å². The van der Waals surface area contributed by atoms with Crippen LogP contribution in [0.15, 0.2) is 52.3 Å². The third-order valence-electron chi connectivity index (χ3n) is 4.83. The predicted molar refractivity (Wildman–Crippen MR) is 112 cm³/mol. The second-order valence-electron chi connectivity index (χ2n) is 6.47. The molecule has 129 valence electrons. The Hall–Kier alpha value is -1.52. The van der Waals surface area contributed by atoms with Gasteiger partial charge >= 0.3 is 157 Å². The van der Waals surface area contributed by atoms with Gasteiger partial charge in [-0.15, -0.1) is 0 Å². The van der Waals surface area contributed by atoms with Crippen LogP contribution in [0.5, 0.6) is 0 Å². The van der Waals surface area contributed by atoms with Crippen molar-refractivity contribution in [3.8, 4) is 0 Å². The van der Waals surface area contributed by atoms with Crippen LogP contribution in [0.4, 0.5) is 11.4 Å². The Balaban J connectivity index is 1.90. The minimum atomic E-state index is 0.870. The molecule has 1 heterocycles. The van der Waals surface area contributed by atoms with Gasteiger partial charge in [-0.05, 0) is 0 Å². The summed E-state index contributed by atoms with van der Waals surface area (Å²) in [6, 6.07) is 15.3. The Bertz CT molecular complexity index is 755. The Morgan fingerprint density at radius 3 is 2.48 bits per heavy atom. The predicted octanol–water partition coefficient (Wildman–Crippen LogP) is 4.73. The molecule has 2 aromatic carbocycles. The van der Waals surface area contributed by atoms with E-state index in [0.29, 0.717) is 0 Å². The first-order valence-corrected chi connectivity index (χ1v) is 9.96. The quantitative estimate of drug-likeness (QED) is 0.667. The summed E-state index contributed by atoms with van der Waals surface area (Å²) in [5.74, 6) is 0. The Labute approximate surface area is 157 Å². The summed E-state index contributed by atoms with van der Waals surface area (Å²) in [7, 11) is 6.05. The van der Waals surface area contributed by atoms with E-state index in [0.717, 1.165) is 43.6 Å². The third-order valence-corrected chi connectivity index (χ3v) is 5.96. The molecular weight excluding hydrogens is 323 g/mol. The first kappa shape index (κ1) is 18.3. The number of anilines is 2. The average molecular weight is 349 g/mol. The number of fused-ring (bicyclic) bond motifs is 2. The fourth-order valence-corrected chi connectivity index (χ4v) is 4.38. The Morgan fingerprint density at radius 2 is 1.76 bits per heavy atom. The van der Waals surface area contributed by atoms with Crippen LogP contribution >= 0.6 is 11.8 Å². The van der Waals surface area contributed by atoms with Gasteiger partial charge in [-0.3, -0.25) is 0 Å². The standard InChI is InChI=1S/C21H26BN2S/c1-4-23(5-2)13-8-14-24-18-9-6-7-10-20(18)25-21-12-11-17(16(3)22)15-19(21)24/h6-7,9-12,15H,4-5,8,13-14H2,1-3H3. The van der Waals surface area contributed by atoms with Gasteiger partial charge in [0.1, 0.15) is 0 Å². The minimum absolute atomic E-state index is 0.870. The van der Waals surface area contributed by atoms with Crippen molar-refractivity contribution in [1.29, 1.82) is 0 Å². The van der Waals surface area contributed by atoms with Crippen LogP contribution in [0.25, 0.3) is 0 Å². The van der Waals surface area contributed by atoms with Gasteiger partial charge in [-0.1, -0.05) is 0 Å². The van der Waals surface area contributed by atoms with Crippen LogP contribution in [0.1, 0.15) is 32.8 Å². The van der Waals surface area contributed by atoms with Crippen molar-refractivity contribution in [2.75, 3.05) is 31.1 Å². The molecule has 0 spiro atoms. The number of para-hydroxylation sites is 1. The van der Waals surface area contributed by atoms with Gasteiger partial charge in [0.2, 0.25) is 0 Å². The number of hydrogen-bond acceptors (Lipinski definition) is 3. The van der Waals surface area contributed by atoms with Crippen LogP contribution in [-0.2, 0) is 0 Å². The zero-order valence-electron chi connectivity index (χ0n) is 15.5. The SMILES string of the molecule is [B]=C(C)c1ccc2c(c1)N(CCCN(CC)CC)c1ccccc1S2. The third kappa shape index (κ3) is 4.01. The second kappa shape index (κ2) is 8.24. The van der Waals surface area contributed by atoms with Gasteiger partial charge in [-0.25, -0.2) is 0 Å². The van der Waals surface area contributed by atoms with Gasteiger partial charge in [0.25, 0.3) is 0 Å². The molecule has 0 N–H and O–H groups in total. The maximum atomic E-state index is 6.05. The number of nitrogens with zero attached hydrogens (tertiary/aromatic N) is 2. The molecule has 1 aliphatic heterocycles. The first-order valence-electron chi connectivity index (χ1n) is 9.14. The molecule has 0 fully saturated rings. The summed E-state index contributed by atoms with van der Waals surface area (Å²) in [6.45, 7) is 10.8. The summed E-state index contributed by atoms with van der Waals surface area (Å²) >= 11 is 1.85. The van der Waals surface area contributed by atoms with Crippen molar-refractivity contribution in [2.45, 2.75) is 37.0 Å². The van der Waals surface area contributed by atoms with Crippen molar-refractivity contribution < 1.29 is 0 Å². The average Bonchev–Trinajstić information content (AvgIpc) is 2.64. The zero-order valence-corrected chi connectivity index (χ0v) is 16.3.